The summed E-state index contributed by atoms with van der Waals surface area (Å²) in [4.78, 5) is 23.2. The highest BCUT2D eigenvalue weighted by Gasteiger charge is 2.12. The van der Waals surface area contributed by atoms with Gasteiger partial charge in [0.2, 0.25) is 5.91 Å². The molecule has 0 aliphatic carbocycles. The molecule has 0 spiro atoms. The van der Waals surface area contributed by atoms with Gasteiger partial charge in [-0.1, -0.05) is 31.5 Å². The number of nitrogens with one attached hydrogen (secondary N) is 2. The molecule has 1 aromatic carbocycles. The summed E-state index contributed by atoms with van der Waals surface area (Å²) in [6.07, 6.45) is 0. The Hall–Kier alpha value is -1.07. The summed E-state index contributed by atoms with van der Waals surface area (Å²) in [6.45, 7) is 4.39. The van der Waals surface area contributed by atoms with Crippen LogP contribution in [0.5, 0.6) is 0 Å². The van der Waals surface area contributed by atoms with E-state index < -0.39 is 0 Å². The van der Waals surface area contributed by atoms with E-state index in [1.165, 1.54) is 0 Å². The molecule has 0 aliphatic heterocycles. The van der Waals surface area contributed by atoms with Crippen LogP contribution in [0.3, 0.4) is 0 Å². The Labute approximate surface area is 126 Å². The third-order valence-electron chi connectivity index (χ3n) is 2.43. The van der Waals surface area contributed by atoms with Gasteiger partial charge in [0.1, 0.15) is 0 Å². The Morgan fingerprint density at radius 1 is 1.26 bits per heavy atom. The molecule has 0 radical (unpaired) electrons. The maximum atomic E-state index is 11.9. The molecule has 6 heteroatoms. The smallest absolute Gasteiger partial charge is 0.252 e. The predicted octanol–water partition coefficient (Wildman–Crippen LogP) is 2.60. The van der Waals surface area contributed by atoms with Gasteiger partial charge in [-0.2, -0.15) is 0 Å². The summed E-state index contributed by atoms with van der Waals surface area (Å²) in [7, 11) is 0. The number of carbonyl (C=O) groups is 2. The molecule has 0 aliphatic rings. The first-order valence-electron chi connectivity index (χ1n) is 5.93. The summed E-state index contributed by atoms with van der Waals surface area (Å²) in [5.41, 5.74) is 0.409. The highest BCUT2D eigenvalue weighted by atomic mass is 79.9. The zero-order valence-corrected chi connectivity index (χ0v) is 13.1. The first-order chi connectivity index (χ1) is 8.93. The zero-order valence-electron chi connectivity index (χ0n) is 10.8. The molecule has 0 unspecified atom stereocenters. The van der Waals surface area contributed by atoms with Crippen molar-refractivity contribution in [3.8, 4) is 0 Å². The van der Waals surface area contributed by atoms with Crippen LogP contribution in [-0.2, 0) is 4.79 Å². The quantitative estimate of drug-likeness (QED) is 0.804. The van der Waals surface area contributed by atoms with Gasteiger partial charge < -0.3 is 10.6 Å². The highest BCUT2D eigenvalue weighted by molar-refractivity contribution is 9.10. The van der Waals surface area contributed by atoms with Gasteiger partial charge in [0, 0.05) is 23.5 Å². The van der Waals surface area contributed by atoms with Crippen molar-refractivity contribution < 1.29 is 9.59 Å². The number of carbonyl (C=O) groups excluding carboxylic acids is 2. The molecular weight excluding hydrogens is 332 g/mol. The van der Waals surface area contributed by atoms with Crippen LogP contribution in [0.2, 0.25) is 5.02 Å². The molecule has 0 saturated carbocycles. The molecule has 1 aromatic rings. The zero-order chi connectivity index (χ0) is 14.4. The van der Waals surface area contributed by atoms with Gasteiger partial charge in [-0.3, -0.25) is 9.59 Å². The Kier molecular flexibility index (Phi) is 6.31. The number of hydrogen-bond donors (Lipinski definition) is 2. The Morgan fingerprint density at radius 3 is 2.53 bits per heavy atom. The van der Waals surface area contributed by atoms with E-state index >= 15 is 0 Å². The van der Waals surface area contributed by atoms with Crippen molar-refractivity contribution in [3.63, 3.8) is 0 Å². The highest BCUT2D eigenvalue weighted by Crippen LogP contribution is 2.25. The van der Waals surface area contributed by atoms with Gasteiger partial charge >= 0.3 is 0 Å². The number of rotatable bonds is 5. The van der Waals surface area contributed by atoms with Crippen LogP contribution in [0.15, 0.2) is 22.7 Å². The maximum absolute atomic E-state index is 11.9. The predicted molar refractivity (Wildman–Crippen MR) is 79.3 cm³/mol. The van der Waals surface area contributed by atoms with E-state index in [9.17, 15) is 9.59 Å². The summed E-state index contributed by atoms with van der Waals surface area (Å²) < 4.78 is 0.676. The molecule has 0 saturated heterocycles. The van der Waals surface area contributed by atoms with Gasteiger partial charge in [0.25, 0.3) is 5.91 Å². The Balaban J connectivity index is 2.44. The molecule has 0 atom stereocenters. The molecular formula is C13H16BrClN2O2. The van der Waals surface area contributed by atoms with Crippen molar-refractivity contribution in [1.82, 2.24) is 10.6 Å². The fourth-order valence-corrected chi connectivity index (χ4v) is 1.92. The second kappa shape index (κ2) is 7.50. The van der Waals surface area contributed by atoms with Crippen LogP contribution in [0, 0.1) is 5.92 Å². The summed E-state index contributed by atoms with van der Waals surface area (Å²) in [5, 5.41) is 5.80. The van der Waals surface area contributed by atoms with Crippen molar-refractivity contribution in [2.45, 2.75) is 13.8 Å². The molecule has 19 heavy (non-hydrogen) atoms. The minimum atomic E-state index is -0.259. The van der Waals surface area contributed by atoms with E-state index in [0.717, 1.165) is 0 Å². The average molecular weight is 348 g/mol. The monoisotopic (exact) mass is 346 g/mol. The van der Waals surface area contributed by atoms with Gasteiger partial charge in [0.15, 0.2) is 0 Å². The lowest BCUT2D eigenvalue weighted by Crippen LogP contribution is -2.36. The molecule has 1 rings (SSSR count). The largest absolute Gasteiger partial charge is 0.354 e. The van der Waals surface area contributed by atoms with E-state index in [0.29, 0.717) is 28.1 Å². The second-order valence-electron chi connectivity index (χ2n) is 4.30. The Morgan fingerprint density at radius 2 is 1.89 bits per heavy atom. The van der Waals surface area contributed by atoms with Crippen molar-refractivity contribution in [1.29, 1.82) is 0 Å². The fourth-order valence-electron chi connectivity index (χ4n) is 1.34. The maximum Gasteiger partial charge on any atom is 0.252 e. The van der Waals surface area contributed by atoms with Crippen LogP contribution in [0.4, 0.5) is 0 Å². The van der Waals surface area contributed by atoms with Crippen molar-refractivity contribution in [3.05, 3.63) is 33.3 Å². The Bertz CT molecular complexity index is 478. The number of hydrogen-bond acceptors (Lipinski definition) is 2. The first kappa shape index (κ1) is 16.0. The lowest BCUT2D eigenvalue weighted by atomic mass is 10.2. The molecule has 2 amide bonds. The van der Waals surface area contributed by atoms with Crippen LogP contribution < -0.4 is 10.6 Å². The summed E-state index contributed by atoms with van der Waals surface area (Å²) in [6, 6.07) is 5.16. The minimum Gasteiger partial charge on any atom is -0.354 e. The fraction of sp³-hybridized carbons (Fsp3) is 0.385. The average Bonchev–Trinajstić information content (AvgIpc) is 2.37. The molecule has 104 valence electrons. The van der Waals surface area contributed by atoms with Gasteiger partial charge in [-0.05, 0) is 28.1 Å². The topological polar surface area (TPSA) is 58.2 Å². The van der Waals surface area contributed by atoms with Crippen LogP contribution in [0.25, 0.3) is 0 Å². The SMILES string of the molecule is CC(C)C(=O)NCCNC(=O)c1cccc(Br)c1Cl. The van der Waals surface area contributed by atoms with Crippen molar-refractivity contribution in [2.24, 2.45) is 5.92 Å². The van der Waals surface area contributed by atoms with E-state index in [2.05, 4.69) is 26.6 Å². The van der Waals surface area contributed by atoms with Crippen molar-refractivity contribution in [2.75, 3.05) is 13.1 Å². The van der Waals surface area contributed by atoms with Crippen molar-refractivity contribution >= 4 is 39.3 Å². The normalized spacial score (nSPS) is 10.4. The van der Waals surface area contributed by atoms with Crippen LogP contribution >= 0.6 is 27.5 Å². The second-order valence-corrected chi connectivity index (χ2v) is 5.54. The molecule has 2 N–H and O–H groups in total. The van der Waals surface area contributed by atoms with Crippen LogP contribution in [0.1, 0.15) is 24.2 Å². The van der Waals surface area contributed by atoms with E-state index in [4.69, 9.17) is 11.6 Å². The number of benzene rings is 1. The number of amides is 2. The molecule has 0 aromatic heterocycles. The lowest BCUT2D eigenvalue weighted by molar-refractivity contribution is -0.123. The molecule has 0 fully saturated rings. The third-order valence-corrected chi connectivity index (χ3v) is 3.73. The lowest BCUT2D eigenvalue weighted by Gasteiger charge is -2.09. The molecule has 0 heterocycles. The van der Waals surface area contributed by atoms with Crippen LogP contribution in [-0.4, -0.2) is 24.9 Å². The van der Waals surface area contributed by atoms with E-state index in [1.807, 2.05) is 13.8 Å². The van der Waals surface area contributed by atoms with E-state index in [1.54, 1.807) is 18.2 Å². The van der Waals surface area contributed by atoms with Gasteiger partial charge in [0.05, 0.1) is 10.6 Å². The molecule has 0 bridgehead atoms. The standard InChI is InChI=1S/C13H16BrClN2O2/c1-8(2)12(18)16-6-7-17-13(19)9-4-3-5-10(14)11(9)15/h3-5,8H,6-7H2,1-2H3,(H,16,18)(H,17,19). The van der Waals surface area contributed by atoms with Gasteiger partial charge in [-0.15, -0.1) is 0 Å². The first-order valence-corrected chi connectivity index (χ1v) is 7.10. The summed E-state index contributed by atoms with van der Waals surface area (Å²) >= 11 is 9.28. The third kappa shape index (κ3) is 4.84. The molecule has 4 nitrogen and oxygen atoms in total. The van der Waals surface area contributed by atoms with Gasteiger partial charge in [-0.25, -0.2) is 0 Å². The summed E-state index contributed by atoms with van der Waals surface area (Å²) in [5.74, 6) is -0.352. The van der Waals surface area contributed by atoms with E-state index in [-0.39, 0.29) is 17.7 Å². The minimum absolute atomic E-state index is 0.0327. The number of halogens is 2.